The second kappa shape index (κ2) is 10.6. The summed E-state index contributed by atoms with van der Waals surface area (Å²) in [5.74, 6) is 1.15. The van der Waals surface area contributed by atoms with Gasteiger partial charge in [0.1, 0.15) is 11.6 Å². The number of halogens is 1. The molecule has 0 radical (unpaired) electrons. The van der Waals surface area contributed by atoms with Crippen molar-refractivity contribution in [2.75, 3.05) is 45.5 Å². The number of nitrogens with zero attached hydrogens (tertiary/aromatic N) is 4. The van der Waals surface area contributed by atoms with Crippen molar-refractivity contribution in [3.63, 3.8) is 0 Å². The van der Waals surface area contributed by atoms with E-state index in [0.29, 0.717) is 52.8 Å². The Morgan fingerprint density at radius 2 is 2.10 bits per heavy atom. The molecular weight excluding hydrogens is 472 g/mol. The van der Waals surface area contributed by atoms with Gasteiger partial charge in [0, 0.05) is 24.7 Å². The summed E-state index contributed by atoms with van der Waals surface area (Å²) in [5, 5.41) is 12.1. The number of fused-ring (bicyclic) bond motifs is 1. The Morgan fingerprint density at radius 3 is 2.83 bits per heavy atom. The summed E-state index contributed by atoms with van der Waals surface area (Å²) in [6.45, 7) is 2.07. The third-order valence-corrected chi connectivity index (χ3v) is 5.52. The molecule has 160 valence electrons. The lowest BCUT2D eigenvalue weighted by Crippen LogP contribution is -2.28. The Bertz CT molecular complexity index is 1030. The fraction of sp³-hybridized carbons (Fsp3) is 0.368. The Kier molecular flexibility index (Phi) is 7.88. The van der Waals surface area contributed by atoms with E-state index in [9.17, 15) is 4.79 Å². The van der Waals surface area contributed by atoms with Gasteiger partial charge in [-0.3, -0.25) is 4.79 Å². The van der Waals surface area contributed by atoms with E-state index in [4.69, 9.17) is 9.47 Å². The quantitative estimate of drug-likeness (QED) is 0.252. The van der Waals surface area contributed by atoms with E-state index in [1.165, 1.54) is 11.8 Å². The van der Waals surface area contributed by atoms with Crippen molar-refractivity contribution in [2.45, 2.75) is 11.7 Å². The van der Waals surface area contributed by atoms with Gasteiger partial charge < -0.3 is 20.1 Å². The number of ether oxygens (including phenoxy) is 2. The molecule has 0 bridgehead atoms. The number of carbonyl (C=O) groups excluding carboxylic acids is 1. The fourth-order valence-corrected chi connectivity index (χ4v) is 3.56. The first-order valence-corrected chi connectivity index (χ1v) is 11.2. The maximum Gasteiger partial charge on any atom is 0.252 e. The molecule has 2 aromatic heterocycles. The van der Waals surface area contributed by atoms with E-state index >= 15 is 0 Å². The molecule has 0 saturated heterocycles. The molecule has 0 atom stereocenters. The van der Waals surface area contributed by atoms with Gasteiger partial charge in [-0.05, 0) is 40.4 Å². The van der Waals surface area contributed by atoms with Crippen molar-refractivity contribution < 1.29 is 14.3 Å². The monoisotopic (exact) mass is 494 g/mol. The summed E-state index contributed by atoms with van der Waals surface area (Å²) in [6, 6.07) is 5.27. The summed E-state index contributed by atoms with van der Waals surface area (Å²) >= 11 is 4.86. The minimum Gasteiger partial charge on any atom is -0.497 e. The van der Waals surface area contributed by atoms with Crippen molar-refractivity contribution in [3.05, 3.63) is 34.4 Å². The second-order valence-corrected chi connectivity index (χ2v) is 7.81. The molecule has 9 nitrogen and oxygen atoms in total. The number of hydrogen-bond donors (Lipinski definition) is 2. The molecule has 3 rings (SSSR count). The van der Waals surface area contributed by atoms with Crippen molar-refractivity contribution in [3.8, 4) is 5.75 Å². The Hall–Kier alpha value is -2.37. The van der Waals surface area contributed by atoms with Crippen molar-refractivity contribution in [1.29, 1.82) is 0 Å². The van der Waals surface area contributed by atoms with Crippen LogP contribution < -0.4 is 15.4 Å². The van der Waals surface area contributed by atoms with Gasteiger partial charge in [-0.1, -0.05) is 11.8 Å². The lowest BCUT2D eigenvalue weighted by atomic mass is 10.2. The van der Waals surface area contributed by atoms with Gasteiger partial charge in [-0.2, -0.15) is 5.10 Å². The highest BCUT2D eigenvalue weighted by Gasteiger charge is 2.14. The van der Waals surface area contributed by atoms with Crippen LogP contribution in [0.2, 0.25) is 0 Å². The van der Waals surface area contributed by atoms with Crippen LogP contribution in [-0.4, -0.2) is 65.8 Å². The second-order valence-electron chi connectivity index (χ2n) is 6.19. The summed E-state index contributed by atoms with van der Waals surface area (Å²) in [4.78, 5) is 21.7. The average Bonchev–Trinajstić information content (AvgIpc) is 3.17. The maximum absolute atomic E-state index is 12.5. The van der Waals surface area contributed by atoms with Gasteiger partial charge in [-0.15, -0.1) is 0 Å². The van der Waals surface area contributed by atoms with Crippen LogP contribution >= 0.6 is 27.7 Å². The summed E-state index contributed by atoms with van der Waals surface area (Å²) in [6.07, 6.45) is 3.65. The smallest absolute Gasteiger partial charge is 0.252 e. The number of amides is 1. The van der Waals surface area contributed by atoms with Crippen molar-refractivity contribution in [2.24, 2.45) is 0 Å². The zero-order valence-electron chi connectivity index (χ0n) is 16.9. The van der Waals surface area contributed by atoms with Crippen LogP contribution in [0.5, 0.6) is 5.75 Å². The van der Waals surface area contributed by atoms with Crippen LogP contribution in [0.1, 0.15) is 10.4 Å². The van der Waals surface area contributed by atoms with Crippen LogP contribution in [0.25, 0.3) is 11.0 Å². The first kappa shape index (κ1) is 22.3. The third kappa shape index (κ3) is 5.21. The lowest BCUT2D eigenvalue weighted by molar-refractivity contribution is 0.0951. The number of thioether (sulfide) groups is 1. The number of anilines is 1. The molecule has 0 aliphatic rings. The fourth-order valence-electron chi connectivity index (χ4n) is 2.77. The Morgan fingerprint density at radius 1 is 1.27 bits per heavy atom. The number of hydrogen-bond acceptors (Lipinski definition) is 8. The highest BCUT2D eigenvalue weighted by Crippen LogP contribution is 2.24. The van der Waals surface area contributed by atoms with Crippen molar-refractivity contribution >= 4 is 50.5 Å². The van der Waals surface area contributed by atoms with Crippen LogP contribution in [0.3, 0.4) is 0 Å². The van der Waals surface area contributed by atoms with E-state index in [0.717, 1.165) is 11.2 Å². The van der Waals surface area contributed by atoms with Gasteiger partial charge >= 0.3 is 0 Å². The highest BCUT2D eigenvalue weighted by atomic mass is 79.9. The van der Waals surface area contributed by atoms with E-state index in [2.05, 4.69) is 41.6 Å². The Balaban J connectivity index is 1.72. The van der Waals surface area contributed by atoms with Crippen LogP contribution in [0.4, 0.5) is 5.82 Å². The minimum atomic E-state index is -0.196. The molecule has 0 saturated carbocycles. The molecule has 2 heterocycles. The van der Waals surface area contributed by atoms with E-state index in [1.54, 1.807) is 43.3 Å². The number of methoxy groups -OCH3 is 2. The first-order chi connectivity index (χ1) is 14.6. The summed E-state index contributed by atoms with van der Waals surface area (Å²) in [5.41, 5.74) is 1.22. The molecule has 3 aromatic rings. The zero-order chi connectivity index (χ0) is 21.5. The largest absolute Gasteiger partial charge is 0.497 e. The molecule has 0 aliphatic heterocycles. The van der Waals surface area contributed by atoms with E-state index < -0.39 is 0 Å². The number of carbonyl (C=O) groups is 1. The topological polar surface area (TPSA) is 103 Å². The van der Waals surface area contributed by atoms with Gasteiger partial charge in [0.15, 0.2) is 10.8 Å². The first-order valence-electron chi connectivity index (χ1n) is 9.19. The molecule has 0 spiro atoms. The number of rotatable bonds is 10. The molecule has 0 aliphatic carbocycles. The van der Waals surface area contributed by atoms with E-state index in [-0.39, 0.29) is 5.91 Å². The third-order valence-electron chi connectivity index (χ3n) is 4.28. The van der Waals surface area contributed by atoms with Gasteiger partial charge in [0.25, 0.3) is 5.91 Å². The molecule has 1 amide bonds. The van der Waals surface area contributed by atoms with Crippen LogP contribution in [0.15, 0.2) is 34.0 Å². The van der Waals surface area contributed by atoms with Crippen LogP contribution in [-0.2, 0) is 11.3 Å². The standard InChI is InChI=1S/C19H23BrN6O3S/c1-28-9-7-21-16-14-11-23-26(17(14)25-19(24-16)30-3)8-6-22-18(27)13-10-12(29-2)4-5-15(13)20/h4-5,10-11H,6-9H2,1-3H3,(H,22,27)(H,21,24,25). The molecule has 2 N–H and O–H groups in total. The molecule has 1 aromatic carbocycles. The number of benzene rings is 1. The van der Waals surface area contributed by atoms with Crippen molar-refractivity contribution in [1.82, 2.24) is 25.1 Å². The molecule has 0 fully saturated rings. The summed E-state index contributed by atoms with van der Waals surface area (Å²) < 4.78 is 12.7. The van der Waals surface area contributed by atoms with Crippen LogP contribution in [0, 0.1) is 0 Å². The predicted octanol–water partition coefficient (Wildman–Crippen LogP) is 2.81. The number of nitrogens with one attached hydrogen (secondary N) is 2. The predicted molar refractivity (Wildman–Crippen MR) is 120 cm³/mol. The molecule has 11 heteroatoms. The maximum atomic E-state index is 12.5. The SMILES string of the molecule is COCCNc1nc(SC)nc2c1cnn2CCNC(=O)c1cc(OC)ccc1Br. The molecule has 0 unspecified atom stereocenters. The minimum absolute atomic E-state index is 0.196. The zero-order valence-corrected chi connectivity index (χ0v) is 19.3. The highest BCUT2D eigenvalue weighted by molar-refractivity contribution is 9.10. The normalized spacial score (nSPS) is 10.9. The van der Waals surface area contributed by atoms with Gasteiger partial charge in [-0.25, -0.2) is 14.6 Å². The summed E-state index contributed by atoms with van der Waals surface area (Å²) in [7, 11) is 3.22. The van der Waals surface area contributed by atoms with E-state index in [1.807, 2.05) is 6.26 Å². The van der Waals surface area contributed by atoms with Gasteiger partial charge in [0.2, 0.25) is 0 Å². The molecular formula is C19H23BrN6O3S. The lowest BCUT2D eigenvalue weighted by Gasteiger charge is -2.10. The molecule has 30 heavy (non-hydrogen) atoms. The average molecular weight is 495 g/mol. The Labute approximate surface area is 187 Å². The number of aromatic nitrogens is 4. The van der Waals surface area contributed by atoms with Gasteiger partial charge in [0.05, 0.1) is 37.4 Å².